The monoisotopic (exact) mass is 191 g/mol. The summed E-state index contributed by atoms with van der Waals surface area (Å²) in [6.07, 6.45) is 1.16. The Bertz CT molecular complexity index is 346. The molecule has 1 unspecified atom stereocenters. The third-order valence-corrected chi connectivity index (χ3v) is 2.91. The van der Waals surface area contributed by atoms with E-state index in [0.29, 0.717) is 5.92 Å². The van der Waals surface area contributed by atoms with Crippen LogP contribution in [0.4, 0.5) is 5.69 Å². The molecule has 1 N–H and O–H groups in total. The average Bonchev–Trinajstić information content (AvgIpc) is 2.19. The number of fused-ring (bicyclic) bond motifs is 1. The maximum Gasteiger partial charge on any atom is 0.142 e. The topological polar surface area (TPSA) is 21.3 Å². The minimum Gasteiger partial charge on any atom is -0.495 e. The molecule has 1 aliphatic heterocycles. The molecule has 0 radical (unpaired) electrons. The van der Waals surface area contributed by atoms with Gasteiger partial charge < -0.3 is 10.1 Å². The van der Waals surface area contributed by atoms with Crippen molar-refractivity contribution in [3.8, 4) is 5.75 Å². The van der Waals surface area contributed by atoms with Gasteiger partial charge in [0.25, 0.3) is 0 Å². The predicted molar refractivity (Wildman–Crippen MR) is 59.1 cm³/mol. The second-order valence-corrected chi connectivity index (χ2v) is 4.13. The fourth-order valence-electron chi connectivity index (χ4n) is 2.05. The fourth-order valence-corrected chi connectivity index (χ4v) is 2.05. The van der Waals surface area contributed by atoms with E-state index in [2.05, 4.69) is 25.2 Å². The van der Waals surface area contributed by atoms with E-state index in [1.807, 2.05) is 6.07 Å². The first kappa shape index (κ1) is 9.38. The summed E-state index contributed by atoms with van der Waals surface area (Å²) in [6, 6.07) is 4.18. The lowest BCUT2D eigenvalue weighted by Crippen LogP contribution is -2.21. The van der Waals surface area contributed by atoms with Crippen LogP contribution >= 0.6 is 0 Å². The molecule has 1 heterocycles. The van der Waals surface area contributed by atoms with Gasteiger partial charge in [-0.1, -0.05) is 13.0 Å². The first-order chi connectivity index (χ1) is 6.72. The van der Waals surface area contributed by atoms with Crippen LogP contribution in [0.25, 0.3) is 0 Å². The van der Waals surface area contributed by atoms with Crippen LogP contribution in [0.15, 0.2) is 12.1 Å². The Kier molecular flexibility index (Phi) is 2.36. The molecule has 0 aromatic heterocycles. The number of hydrogen-bond donors (Lipinski definition) is 1. The Labute approximate surface area is 85.3 Å². The van der Waals surface area contributed by atoms with Crippen LogP contribution in [0, 0.1) is 12.8 Å². The minimum absolute atomic E-state index is 0.716. The van der Waals surface area contributed by atoms with Crippen LogP contribution in [-0.4, -0.2) is 13.7 Å². The van der Waals surface area contributed by atoms with Gasteiger partial charge in [-0.2, -0.15) is 0 Å². The van der Waals surface area contributed by atoms with Crippen molar-refractivity contribution >= 4 is 5.69 Å². The van der Waals surface area contributed by atoms with Crippen LogP contribution < -0.4 is 10.1 Å². The maximum absolute atomic E-state index is 5.34. The summed E-state index contributed by atoms with van der Waals surface area (Å²) in [4.78, 5) is 0. The quantitative estimate of drug-likeness (QED) is 0.736. The van der Waals surface area contributed by atoms with E-state index in [0.717, 1.165) is 18.7 Å². The summed E-state index contributed by atoms with van der Waals surface area (Å²) in [5.74, 6) is 1.69. The van der Waals surface area contributed by atoms with E-state index in [4.69, 9.17) is 4.74 Å². The van der Waals surface area contributed by atoms with Gasteiger partial charge in [0.1, 0.15) is 5.75 Å². The molecule has 0 fully saturated rings. The van der Waals surface area contributed by atoms with Gasteiger partial charge in [0.05, 0.1) is 12.8 Å². The number of hydrogen-bond acceptors (Lipinski definition) is 2. The molecular weight excluding hydrogens is 174 g/mol. The zero-order chi connectivity index (χ0) is 10.1. The molecule has 0 saturated carbocycles. The summed E-state index contributed by atoms with van der Waals surface area (Å²) < 4.78 is 5.34. The van der Waals surface area contributed by atoms with Crippen molar-refractivity contribution in [3.05, 3.63) is 23.3 Å². The van der Waals surface area contributed by atoms with Gasteiger partial charge >= 0.3 is 0 Å². The summed E-state index contributed by atoms with van der Waals surface area (Å²) in [7, 11) is 1.73. The molecule has 14 heavy (non-hydrogen) atoms. The summed E-state index contributed by atoms with van der Waals surface area (Å²) in [5.41, 5.74) is 3.98. The molecule has 2 nitrogen and oxygen atoms in total. The predicted octanol–water partition coefficient (Wildman–Crippen LogP) is 2.61. The number of nitrogens with one attached hydrogen (secondary N) is 1. The largest absolute Gasteiger partial charge is 0.495 e. The van der Waals surface area contributed by atoms with Crippen LogP contribution in [0.2, 0.25) is 0 Å². The van der Waals surface area contributed by atoms with Crippen LogP contribution in [-0.2, 0) is 6.42 Å². The van der Waals surface area contributed by atoms with E-state index in [1.54, 1.807) is 7.11 Å². The first-order valence-electron chi connectivity index (χ1n) is 5.12. The fraction of sp³-hybridized carbons (Fsp3) is 0.500. The van der Waals surface area contributed by atoms with Crippen molar-refractivity contribution in [2.45, 2.75) is 20.3 Å². The highest BCUT2D eigenvalue weighted by Crippen LogP contribution is 2.35. The smallest absolute Gasteiger partial charge is 0.142 e. The normalized spacial score (nSPS) is 19.8. The Morgan fingerprint density at radius 2 is 2.21 bits per heavy atom. The number of aryl methyl sites for hydroxylation is 1. The molecule has 0 amide bonds. The van der Waals surface area contributed by atoms with E-state index in [-0.39, 0.29) is 0 Å². The lowest BCUT2D eigenvalue weighted by Gasteiger charge is -2.26. The third kappa shape index (κ3) is 1.45. The van der Waals surface area contributed by atoms with Gasteiger partial charge in [-0.15, -0.1) is 0 Å². The SMILES string of the molecule is COc1ccc(C)c2c1NCC(C)C2. The minimum atomic E-state index is 0.716. The second-order valence-electron chi connectivity index (χ2n) is 4.13. The van der Waals surface area contributed by atoms with Crippen molar-refractivity contribution in [2.75, 3.05) is 19.0 Å². The molecule has 0 aliphatic carbocycles. The number of methoxy groups -OCH3 is 1. The van der Waals surface area contributed by atoms with E-state index in [9.17, 15) is 0 Å². The van der Waals surface area contributed by atoms with Gasteiger partial charge in [0.2, 0.25) is 0 Å². The second kappa shape index (κ2) is 3.52. The first-order valence-corrected chi connectivity index (χ1v) is 5.12. The highest BCUT2D eigenvalue weighted by atomic mass is 16.5. The molecule has 1 aliphatic rings. The lowest BCUT2D eigenvalue weighted by molar-refractivity contribution is 0.414. The van der Waals surface area contributed by atoms with Crippen LogP contribution in [0.5, 0.6) is 5.75 Å². The molecule has 0 saturated heterocycles. The van der Waals surface area contributed by atoms with E-state index in [1.165, 1.54) is 16.8 Å². The molecule has 0 spiro atoms. The Balaban J connectivity index is 2.49. The molecule has 2 heteroatoms. The zero-order valence-electron chi connectivity index (χ0n) is 9.05. The standard InChI is InChI=1S/C12H17NO/c1-8-6-10-9(2)4-5-11(14-3)12(10)13-7-8/h4-5,8,13H,6-7H2,1-3H3. The van der Waals surface area contributed by atoms with Crippen molar-refractivity contribution < 1.29 is 4.74 Å². The zero-order valence-corrected chi connectivity index (χ0v) is 9.05. The van der Waals surface area contributed by atoms with Gasteiger partial charge in [-0.3, -0.25) is 0 Å². The van der Waals surface area contributed by atoms with E-state index < -0.39 is 0 Å². The van der Waals surface area contributed by atoms with Crippen LogP contribution in [0.1, 0.15) is 18.1 Å². The highest BCUT2D eigenvalue weighted by molar-refractivity contribution is 5.65. The Hall–Kier alpha value is -1.18. The van der Waals surface area contributed by atoms with Crippen molar-refractivity contribution in [1.29, 1.82) is 0 Å². The Morgan fingerprint density at radius 1 is 1.43 bits per heavy atom. The van der Waals surface area contributed by atoms with Crippen molar-refractivity contribution in [1.82, 2.24) is 0 Å². The van der Waals surface area contributed by atoms with Gasteiger partial charge in [-0.25, -0.2) is 0 Å². The Morgan fingerprint density at radius 3 is 2.93 bits per heavy atom. The lowest BCUT2D eigenvalue weighted by atomic mass is 9.92. The average molecular weight is 191 g/mol. The maximum atomic E-state index is 5.34. The molecule has 1 atom stereocenters. The summed E-state index contributed by atoms with van der Waals surface area (Å²) in [5, 5.41) is 3.45. The van der Waals surface area contributed by atoms with Gasteiger partial charge in [0, 0.05) is 6.54 Å². The molecule has 1 aromatic rings. The molecule has 1 aromatic carbocycles. The highest BCUT2D eigenvalue weighted by Gasteiger charge is 2.19. The van der Waals surface area contributed by atoms with Crippen molar-refractivity contribution in [3.63, 3.8) is 0 Å². The number of ether oxygens (including phenoxy) is 1. The molecule has 2 rings (SSSR count). The number of benzene rings is 1. The number of rotatable bonds is 1. The molecule has 0 bridgehead atoms. The summed E-state index contributed by atoms with van der Waals surface area (Å²) in [6.45, 7) is 5.49. The van der Waals surface area contributed by atoms with Gasteiger partial charge in [0.15, 0.2) is 0 Å². The number of anilines is 1. The van der Waals surface area contributed by atoms with Gasteiger partial charge in [-0.05, 0) is 36.5 Å². The van der Waals surface area contributed by atoms with Crippen molar-refractivity contribution in [2.24, 2.45) is 5.92 Å². The molecule has 76 valence electrons. The van der Waals surface area contributed by atoms with E-state index >= 15 is 0 Å². The van der Waals surface area contributed by atoms with Crippen LogP contribution in [0.3, 0.4) is 0 Å². The summed E-state index contributed by atoms with van der Waals surface area (Å²) >= 11 is 0. The third-order valence-electron chi connectivity index (χ3n) is 2.91. The molecular formula is C12H17NO.